The Bertz CT molecular complexity index is 414. The zero-order valence-corrected chi connectivity index (χ0v) is 11.6. The molecule has 2 saturated carbocycles. The molecule has 2 aliphatic rings. The number of nitrogens with one attached hydrogen (secondary N) is 2. The van der Waals surface area contributed by atoms with Crippen molar-refractivity contribution in [3.8, 4) is 0 Å². The van der Waals surface area contributed by atoms with Crippen LogP contribution in [0.2, 0.25) is 0 Å². The summed E-state index contributed by atoms with van der Waals surface area (Å²) in [6, 6.07) is -0.264. The third kappa shape index (κ3) is 3.40. The molecule has 20 heavy (non-hydrogen) atoms. The lowest BCUT2D eigenvalue weighted by atomic mass is 9.98. The highest BCUT2D eigenvalue weighted by atomic mass is 16.4. The Morgan fingerprint density at radius 2 is 1.85 bits per heavy atom. The van der Waals surface area contributed by atoms with E-state index in [2.05, 4.69) is 10.6 Å². The second kappa shape index (κ2) is 5.68. The molecule has 3 N–H and O–H groups in total. The van der Waals surface area contributed by atoms with Gasteiger partial charge in [-0.15, -0.1) is 0 Å². The lowest BCUT2D eigenvalue weighted by Crippen LogP contribution is -2.56. The van der Waals surface area contributed by atoms with E-state index in [4.69, 9.17) is 0 Å². The van der Waals surface area contributed by atoms with Crippen molar-refractivity contribution in [1.29, 1.82) is 0 Å². The number of carbonyl (C=O) groups excluding carboxylic acids is 2. The molecular weight excluding hydrogens is 262 g/mol. The Labute approximate surface area is 117 Å². The third-order valence-electron chi connectivity index (χ3n) is 3.88. The molecule has 0 aromatic rings. The van der Waals surface area contributed by atoms with Crippen molar-refractivity contribution in [3.05, 3.63) is 0 Å². The highest BCUT2D eigenvalue weighted by molar-refractivity contribution is 5.89. The number of nitrogens with zero attached hydrogens (tertiary/aromatic N) is 1. The Hall–Kier alpha value is -1.79. The van der Waals surface area contributed by atoms with E-state index in [1.165, 1.54) is 11.9 Å². The second-order valence-electron chi connectivity index (χ2n) is 5.72. The van der Waals surface area contributed by atoms with Crippen molar-refractivity contribution >= 4 is 17.9 Å². The number of rotatable bonds is 5. The van der Waals surface area contributed by atoms with Crippen LogP contribution >= 0.6 is 0 Å². The molecule has 0 spiro atoms. The second-order valence-corrected chi connectivity index (χ2v) is 5.72. The molecule has 0 aromatic carbocycles. The van der Waals surface area contributed by atoms with Crippen LogP contribution in [0.4, 0.5) is 4.79 Å². The van der Waals surface area contributed by atoms with E-state index in [9.17, 15) is 19.5 Å². The number of amides is 3. The van der Waals surface area contributed by atoms with E-state index in [-0.39, 0.29) is 18.5 Å². The largest absolute Gasteiger partial charge is 0.480 e. The van der Waals surface area contributed by atoms with Gasteiger partial charge in [0.05, 0.1) is 0 Å². The highest BCUT2D eigenvalue weighted by Crippen LogP contribution is 2.30. The topological polar surface area (TPSA) is 98.7 Å². The summed E-state index contributed by atoms with van der Waals surface area (Å²) in [5, 5.41) is 14.7. The highest BCUT2D eigenvalue weighted by Gasteiger charge is 2.43. The lowest BCUT2D eigenvalue weighted by Gasteiger charge is -2.28. The first kappa shape index (κ1) is 14.6. The summed E-state index contributed by atoms with van der Waals surface area (Å²) >= 11 is 0. The van der Waals surface area contributed by atoms with Crippen LogP contribution < -0.4 is 10.6 Å². The van der Waals surface area contributed by atoms with Crippen LogP contribution in [0.15, 0.2) is 0 Å². The first-order valence-corrected chi connectivity index (χ1v) is 6.99. The molecule has 0 atom stereocenters. The number of likely N-dealkylation sites (N-methyl/N-ethyl adjacent to an activating group) is 1. The molecule has 0 bridgehead atoms. The maximum atomic E-state index is 12.0. The van der Waals surface area contributed by atoms with Gasteiger partial charge in [-0.3, -0.25) is 4.79 Å². The minimum Gasteiger partial charge on any atom is -0.480 e. The number of carboxylic acids is 1. The van der Waals surface area contributed by atoms with Gasteiger partial charge >= 0.3 is 12.0 Å². The maximum Gasteiger partial charge on any atom is 0.329 e. The minimum atomic E-state index is -1.17. The number of carbonyl (C=O) groups is 3. The van der Waals surface area contributed by atoms with Crippen molar-refractivity contribution in [2.24, 2.45) is 0 Å². The van der Waals surface area contributed by atoms with E-state index >= 15 is 0 Å². The zero-order valence-electron chi connectivity index (χ0n) is 11.6. The molecule has 112 valence electrons. The summed E-state index contributed by atoms with van der Waals surface area (Å²) in [5.41, 5.74) is -1.17. The van der Waals surface area contributed by atoms with Gasteiger partial charge in [-0.05, 0) is 25.7 Å². The Balaban J connectivity index is 1.85. The van der Waals surface area contributed by atoms with Gasteiger partial charge in [0.2, 0.25) is 5.91 Å². The van der Waals surface area contributed by atoms with Gasteiger partial charge in [-0.1, -0.05) is 12.8 Å². The van der Waals surface area contributed by atoms with Crippen LogP contribution in [-0.2, 0) is 9.59 Å². The molecule has 0 saturated heterocycles. The lowest BCUT2D eigenvalue weighted by molar-refractivity contribution is -0.144. The summed E-state index contributed by atoms with van der Waals surface area (Å²) in [6.07, 6.45) is 4.44. The zero-order chi connectivity index (χ0) is 14.8. The third-order valence-corrected chi connectivity index (χ3v) is 3.88. The monoisotopic (exact) mass is 283 g/mol. The summed E-state index contributed by atoms with van der Waals surface area (Å²) < 4.78 is 0. The van der Waals surface area contributed by atoms with Gasteiger partial charge in [-0.2, -0.15) is 0 Å². The fraction of sp³-hybridized carbons (Fsp3) is 0.769. The summed E-state index contributed by atoms with van der Waals surface area (Å²) in [7, 11) is 1.49. The molecule has 2 rings (SSSR count). The van der Waals surface area contributed by atoms with Crippen molar-refractivity contribution in [3.63, 3.8) is 0 Å². The molecule has 3 amide bonds. The van der Waals surface area contributed by atoms with Crippen molar-refractivity contribution in [2.75, 3.05) is 13.6 Å². The standard InChI is InChI=1S/C13H21N3O4/c1-16(8-10(17)14-9-4-5-9)12(20)15-13(11(18)19)6-2-3-7-13/h9H,2-8H2,1H3,(H,14,17)(H,15,20)(H,18,19). The van der Waals surface area contributed by atoms with Gasteiger partial charge in [0.15, 0.2) is 0 Å². The Kier molecular flexibility index (Phi) is 4.15. The molecule has 0 radical (unpaired) electrons. The van der Waals surface area contributed by atoms with Gasteiger partial charge in [0.1, 0.15) is 12.1 Å². The first-order chi connectivity index (χ1) is 9.43. The quantitative estimate of drug-likeness (QED) is 0.676. The number of urea groups is 1. The van der Waals surface area contributed by atoms with Gasteiger partial charge in [-0.25, -0.2) is 9.59 Å². The Morgan fingerprint density at radius 3 is 2.35 bits per heavy atom. The van der Waals surface area contributed by atoms with Crippen molar-refractivity contribution < 1.29 is 19.5 Å². The maximum absolute atomic E-state index is 12.0. The Morgan fingerprint density at radius 1 is 1.25 bits per heavy atom. The molecule has 0 aromatic heterocycles. The van der Waals surface area contributed by atoms with Crippen LogP contribution in [0, 0.1) is 0 Å². The molecule has 0 unspecified atom stereocenters. The molecule has 2 aliphatic carbocycles. The molecular formula is C13H21N3O4. The average molecular weight is 283 g/mol. The fourth-order valence-corrected chi connectivity index (χ4v) is 2.46. The van der Waals surface area contributed by atoms with Gasteiger partial charge < -0.3 is 20.6 Å². The van der Waals surface area contributed by atoms with Crippen LogP contribution in [0.3, 0.4) is 0 Å². The van der Waals surface area contributed by atoms with Crippen LogP contribution in [-0.4, -0.2) is 53.1 Å². The summed E-state index contributed by atoms with van der Waals surface area (Å²) in [5.74, 6) is -1.21. The number of hydrogen-bond acceptors (Lipinski definition) is 3. The van der Waals surface area contributed by atoms with E-state index in [0.29, 0.717) is 12.8 Å². The van der Waals surface area contributed by atoms with Crippen molar-refractivity contribution in [1.82, 2.24) is 15.5 Å². The van der Waals surface area contributed by atoms with Gasteiger partial charge in [0, 0.05) is 13.1 Å². The van der Waals surface area contributed by atoms with Crippen molar-refractivity contribution in [2.45, 2.75) is 50.1 Å². The molecule has 0 aliphatic heterocycles. The predicted molar refractivity (Wildman–Crippen MR) is 71.2 cm³/mol. The SMILES string of the molecule is CN(CC(=O)NC1CC1)C(=O)NC1(C(=O)O)CCCC1. The molecule has 2 fully saturated rings. The van der Waals surface area contributed by atoms with Crippen LogP contribution in [0.5, 0.6) is 0 Å². The predicted octanol–water partition coefficient (Wildman–Crippen LogP) is 0.304. The van der Waals surface area contributed by atoms with Crippen LogP contribution in [0.25, 0.3) is 0 Å². The van der Waals surface area contributed by atoms with E-state index in [1.807, 2.05) is 0 Å². The smallest absolute Gasteiger partial charge is 0.329 e. The molecule has 7 nitrogen and oxygen atoms in total. The number of carboxylic acid groups (broad SMARTS) is 1. The van der Waals surface area contributed by atoms with E-state index in [1.54, 1.807) is 0 Å². The summed E-state index contributed by atoms with van der Waals surface area (Å²) in [6.45, 7) is -0.0575. The van der Waals surface area contributed by atoms with Gasteiger partial charge in [0.25, 0.3) is 0 Å². The average Bonchev–Trinajstić information content (AvgIpc) is 3.04. The first-order valence-electron chi connectivity index (χ1n) is 6.99. The van der Waals surface area contributed by atoms with E-state index in [0.717, 1.165) is 25.7 Å². The number of aliphatic carboxylic acids is 1. The summed E-state index contributed by atoms with van der Waals surface area (Å²) in [4.78, 5) is 36.2. The fourth-order valence-electron chi connectivity index (χ4n) is 2.46. The molecule has 0 heterocycles. The minimum absolute atomic E-state index is 0.0575. The normalized spacial score (nSPS) is 20.2. The number of hydrogen-bond donors (Lipinski definition) is 3. The van der Waals surface area contributed by atoms with E-state index < -0.39 is 17.5 Å². The van der Waals surface area contributed by atoms with Crippen LogP contribution in [0.1, 0.15) is 38.5 Å². The molecule has 7 heteroatoms.